The zero-order valence-corrected chi connectivity index (χ0v) is 15.3. The van der Waals surface area contributed by atoms with Crippen LogP contribution >= 0.6 is 0 Å². The summed E-state index contributed by atoms with van der Waals surface area (Å²) in [6, 6.07) is 0.913. The Labute approximate surface area is 142 Å². The van der Waals surface area contributed by atoms with Crippen LogP contribution in [0.2, 0.25) is 0 Å². The highest BCUT2D eigenvalue weighted by Crippen LogP contribution is 2.26. The van der Waals surface area contributed by atoms with E-state index in [1.54, 1.807) is 0 Å². The molecule has 0 aliphatic heterocycles. The van der Waals surface area contributed by atoms with Crippen molar-refractivity contribution in [3.63, 3.8) is 0 Å². The van der Waals surface area contributed by atoms with Gasteiger partial charge in [-0.3, -0.25) is 0 Å². The van der Waals surface area contributed by atoms with E-state index in [1.807, 2.05) is 20.8 Å². The molecule has 2 N–H and O–H groups in total. The summed E-state index contributed by atoms with van der Waals surface area (Å²) in [6.45, 7) is 6.87. The molecule has 134 valence electrons. The Morgan fingerprint density at radius 1 is 0.957 bits per heavy atom. The summed E-state index contributed by atoms with van der Waals surface area (Å²) in [5.74, 6) is 0.960. The van der Waals surface area contributed by atoms with Gasteiger partial charge in [-0.15, -0.1) is 0 Å². The molecule has 0 aromatic rings. The van der Waals surface area contributed by atoms with Gasteiger partial charge in [-0.1, -0.05) is 32.1 Å². The zero-order valence-electron chi connectivity index (χ0n) is 15.3. The molecule has 0 spiro atoms. The average molecular weight is 325 g/mol. The van der Waals surface area contributed by atoms with Gasteiger partial charge in [0.25, 0.3) is 0 Å². The number of nitrogens with one attached hydrogen (secondary N) is 2. The Balaban J connectivity index is 1.55. The number of rotatable bonds is 5. The van der Waals surface area contributed by atoms with E-state index in [0.29, 0.717) is 6.04 Å². The van der Waals surface area contributed by atoms with Crippen molar-refractivity contribution in [2.45, 2.75) is 103 Å². The Kier molecular flexibility index (Phi) is 7.19. The van der Waals surface area contributed by atoms with Crippen LogP contribution < -0.4 is 10.6 Å². The van der Waals surface area contributed by atoms with Crippen molar-refractivity contribution < 1.29 is 9.53 Å². The highest BCUT2D eigenvalue weighted by Gasteiger charge is 2.24. The Morgan fingerprint density at radius 2 is 1.57 bits per heavy atom. The Hall–Kier alpha value is -0.770. The molecule has 0 unspecified atom stereocenters. The topological polar surface area (TPSA) is 50.4 Å². The molecule has 4 heteroatoms. The normalized spacial score (nSPS) is 26.7. The predicted molar refractivity (Wildman–Crippen MR) is 94.6 cm³/mol. The summed E-state index contributed by atoms with van der Waals surface area (Å²) in [5.41, 5.74) is -0.415. The van der Waals surface area contributed by atoms with Gasteiger partial charge in [-0.25, -0.2) is 4.79 Å². The van der Waals surface area contributed by atoms with Crippen LogP contribution in [0.15, 0.2) is 0 Å². The number of ether oxygens (including phenoxy) is 1. The number of carbonyl (C=O) groups is 1. The predicted octanol–water partition coefficient (Wildman–Crippen LogP) is 4.38. The fourth-order valence-electron chi connectivity index (χ4n) is 3.88. The fourth-order valence-corrected chi connectivity index (χ4v) is 3.88. The van der Waals surface area contributed by atoms with Crippen LogP contribution in [-0.4, -0.2) is 30.3 Å². The average Bonchev–Trinajstić information content (AvgIpc) is 2.48. The number of hydrogen-bond donors (Lipinski definition) is 2. The smallest absolute Gasteiger partial charge is 0.407 e. The zero-order chi connectivity index (χ0) is 16.7. The van der Waals surface area contributed by atoms with Crippen molar-refractivity contribution in [1.29, 1.82) is 0 Å². The second kappa shape index (κ2) is 8.91. The molecule has 2 fully saturated rings. The van der Waals surface area contributed by atoms with E-state index in [0.717, 1.165) is 31.6 Å². The third-order valence-corrected chi connectivity index (χ3v) is 5.16. The third kappa shape index (κ3) is 7.56. The molecule has 23 heavy (non-hydrogen) atoms. The number of amides is 1. The maximum Gasteiger partial charge on any atom is 0.407 e. The van der Waals surface area contributed by atoms with E-state index < -0.39 is 5.60 Å². The maximum absolute atomic E-state index is 11.8. The third-order valence-electron chi connectivity index (χ3n) is 5.16. The van der Waals surface area contributed by atoms with Crippen LogP contribution in [0.5, 0.6) is 0 Å². The molecule has 2 rings (SSSR count). The first-order chi connectivity index (χ1) is 10.9. The lowest BCUT2D eigenvalue weighted by atomic mass is 9.86. The Bertz CT molecular complexity index is 351. The van der Waals surface area contributed by atoms with E-state index in [9.17, 15) is 4.79 Å². The summed E-state index contributed by atoms with van der Waals surface area (Å²) in [5, 5.41) is 6.75. The quantitative estimate of drug-likeness (QED) is 0.789. The van der Waals surface area contributed by atoms with E-state index in [4.69, 9.17) is 4.74 Å². The van der Waals surface area contributed by atoms with Crippen LogP contribution in [0.4, 0.5) is 4.79 Å². The second-order valence-electron chi connectivity index (χ2n) is 8.44. The highest BCUT2D eigenvalue weighted by molar-refractivity contribution is 5.68. The van der Waals surface area contributed by atoms with Gasteiger partial charge >= 0.3 is 6.09 Å². The monoisotopic (exact) mass is 324 g/mol. The highest BCUT2D eigenvalue weighted by atomic mass is 16.6. The van der Waals surface area contributed by atoms with Crippen molar-refractivity contribution in [2.24, 2.45) is 5.92 Å². The molecule has 2 aliphatic carbocycles. The fraction of sp³-hybridized carbons (Fsp3) is 0.947. The standard InChI is InChI=1S/C19H36N2O2/c1-19(2,3)23-18(22)21-17-11-9-16(10-12-17)20-14-13-15-7-5-4-6-8-15/h15-17,20H,4-14H2,1-3H3,(H,21,22). The minimum Gasteiger partial charge on any atom is -0.444 e. The van der Waals surface area contributed by atoms with Gasteiger partial charge in [0.15, 0.2) is 0 Å². The summed E-state index contributed by atoms with van der Waals surface area (Å²) in [4.78, 5) is 11.8. The minimum atomic E-state index is -0.415. The molecular weight excluding hydrogens is 288 g/mol. The van der Waals surface area contributed by atoms with Crippen LogP contribution in [-0.2, 0) is 4.74 Å². The Morgan fingerprint density at radius 3 is 2.17 bits per heavy atom. The van der Waals surface area contributed by atoms with Gasteiger partial charge in [0.05, 0.1) is 0 Å². The molecule has 0 aromatic heterocycles. The van der Waals surface area contributed by atoms with E-state index in [1.165, 1.54) is 45.1 Å². The lowest BCUT2D eigenvalue weighted by Crippen LogP contribution is -2.44. The van der Waals surface area contributed by atoms with E-state index in [2.05, 4.69) is 10.6 Å². The molecule has 0 saturated heterocycles. The molecule has 2 saturated carbocycles. The minimum absolute atomic E-state index is 0.272. The van der Waals surface area contributed by atoms with Crippen LogP contribution in [0, 0.1) is 5.92 Å². The SMILES string of the molecule is CC(C)(C)OC(=O)NC1CCC(NCCC2CCCCC2)CC1. The molecule has 0 heterocycles. The lowest BCUT2D eigenvalue weighted by Gasteiger charge is -2.31. The van der Waals surface area contributed by atoms with Gasteiger partial charge in [0.1, 0.15) is 5.60 Å². The molecule has 2 aliphatic rings. The maximum atomic E-state index is 11.8. The molecule has 0 radical (unpaired) electrons. The lowest BCUT2D eigenvalue weighted by molar-refractivity contribution is 0.0489. The molecule has 1 amide bonds. The van der Waals surface area contributed by atoms with Gasteiger partial charge < -0.3 is 15.4 Å². The largest absolute Gasteiger partial charge is 0.444 e. The van der Waals surface area contributed by atoms with Crippen LogP contribution in [0.25, 0.3) is 0 Å². The van der Waals surface area contributed by atoms with Gasteiger partial charge in [-0.05, 0) is 65.3 Å². The van der Waals surface area contributed by atoms with Gasteiger partial charge in [-0.2, -0.15) is 0 Å². The molecule has 0 aromatic carbocycles. The summed E-state index contributed by atoms with van der Waals surface area (Å²) < 4.78 is 5.33. The first kappa shape index (κ1) is 18.6. The van der Waals surface area contributed by atoms with E-state index >= 15 is 0 Å². The van der Waals surface area contributed by atoms with Crippen molar-refractivity contribution in [2.75, 3.05) is 6.54 Å². The summed E-state index contributed by atoms with van der Waals surface area (Å²) in [6.07, 6.45) is 12.7. The number of alkyl carbamates (subject to hydrolysis) is 1. The molecule has 4 nitrogen and oxygen atoms in total. The van der Waals surface area contributed by atoms with Gasteiger partial charge in [0.2, 0.25) is 0 Å². The van der Waals surface area contributed by atoms with Crippen molar-refractivity contribution in [1.82, 2.24) is 10.6 Å². The molecular formula is C19H36N2O2. The van der Waals surface area contributed by atoms with Crippen LogP contribution in [0.3, 0.4) is 0 Å². The number of hydrogen-bond acceptors (Lipinski definition) is 3. The molecule has 0 atom stereocenters. The number of carbonyl (C=O) groups excluding carboxylic acids is 1. The van der Waals surface area contributed by atoms with Crippen molar-refractivity contribution >= 4 is 6.09 Å². The summed E-state index contributed by atoms with van der Waals surface area (Å²) in [7, 11) is 0. The van der Waals surface area contributed by atoms with E-state index in [-0.39, 0.29) is 12.1 Å². The molecule has 0 bridgehead atoms. The summed E-state index contributed by atoms with van der Waals surface area (Å²) >= 11 is 0. The van der Waals surface area contributed by atoms with Crippen LogP contribution in [0.1, 0.15) is 85.0 Å². The van der Waals surface area contributed by atoms with Gasteiger partial charge in [0, 0.05) is 12.1 Å². The first-order valence-electron chi connectivity index (χ1n) is 9.65. The van der Waals surface area contributed by atoms with Crippen molar-refractivity contribution in [3.05, 3.63) is 0 Å². The first-order valence-corrected chi connectivity index (χ1v) is 9.65. The second-order valence-corrected chi connectivity index (χ2v) is 8.44. The van der Waals surface area contributed by atoms with Crippen molar-refractivity contribution in [3.8, 4) is 0 Å².